The van der Waals surface area contributed by atoms with Crippen molar-refractivity contribution in [1.82, 2.24) is 5.32 Å². The van der Waals surface area contributed by atoms with E-state index < -0.39 is 5.97 Å². The van der Waals surface area contributed by atoms with Crippen molar-refractivity contribution in [3.05, 3.63) is 27.6 Å². The molecule has 3 nitrogen and oxygen atoms in total. The molecule has 2 heterocycles. The largest absolute Gasteiger partial charge is 0.477 e. The van der Waals surface area contributed by atoms with Gasteiger partial charge in [-0.15, -0.1) is 11.3 Å². The van der Waals surface area contributed by atoms with Crippen molar-refractivity contribution in [2.45, 2.75) is 6.54 Å². The highest BCUT2D eigenvalue weighted by Gasteiger charge is 2.12. The van der Waals surface area contributed by atoms with Crippen LogP contribution in [0.15, 0.2) is 12.3 Å². The van der Waals surface area contributed by atoms with Gasteiger partial charge in [0.15, 0.2) is 0 Å². The van der Waals surface area contributed by atoms with Crippen LogP contribution in [-0.2, 0) is 6.54 Å². The molecule has 12 heavy (non-hydrogen) atoms. The smallest absolute Gasteiger partial charge is 0.345 e. The highest BCUT2D eigenvalue weighted by Crippen LogP contribution is 2.25. The standard InChI is InChI=1S/C8H7NO2S/c10-8(11)7-3-5-4-9-2-1-6(5)12-7/h1-3,9H,4H2,(H,10,11). The molecule has 0 amide bonds. The lowest BCUT2D eigenvalue weighted by Crippen LogP contribution is -2.07. The molecule has 2 N–H and O–H groups in total. The first-order valence-electron chi connectivity index (χ1n) is 3.53. The van der Waals surface area contributed by atoms with Crippen molar-refractivity contribution in [2.75, 3.05) is 0 Å². The van der Waals surface area contributed by atoms with Gasteiger partial charge in [0.1, 0.15) is 4.88 Å². The lowest BCUT2D eigenvalue weighted by molar-refractivity contribution is 0.0702. The molecule has 0 atom stereocenters. The van der Waals surface area contributed by atoms with Crippen molar-refractivity contribution in [2.24, 2.45) is 0 Å². The van der Waals surface area contributed by atoms with E-state index in [1.165, 1.54) is 11.3 Å². The van der Waals surface area contributed by atoms with E-state index in [-0.39, 0.29) is 0 Å². The van der Waals surface area contributed by atoms with E-state index >= 15 is 0 Å². The van der Waals surface area contributed by atoms with E-state index in [2.05, 4.69) is 5.32 Å². The van der Waals surface area contributed by atoms with E-state index in [0.717, 1.165) is 17.0 Å². The zero-order valence-corrected chi connectivity index (χ0v) is 7.02. The number of nitrogens with one attached hydrogen (secondary N) is 1. The SMILES string of the molecule is O=C(O)c1cc2c(s1)C=CNC2. The van der Waals surface area contributed by atoms with Gasteiger partial charge in [-0.2, -0.15) is 0 Å². The van der Waals surface area contributed by atoms with E-state index in [4.69, 9.17) is 5.11 Å². The fourth-order valence-corrected chi connectivity index (χ4v) is 2.05. The second-order valence-electron chi connectivity index (χ2n) is 2.52. The molecular formula is C8H7NO2S. The Hall–Kier alpha value is -1.29. The molecule has 1 aromatic heterocycles. The number of carboxylic acids is 1. The van der Waals surface area contributed by atoms with Gasteiger partial charge in [-0.1, -0.05) is 0 Å². The monoisotopic (exact) mass is 181 g/mol. The van der Waals surface area contributed by atoms with Crippen molar-refractivity contribution < 1.29 is 9.90 Å². The van der Waals surface area contributed by atoms with E-state index in [9.17, 15) is 4.79 Å². The summed E-state index contributed by atoms with van der Waals surface area (Å²) >= 11 is 1.32. The van der Waals surface area contributed by atoms with E-state index in [1.807, 2.05) is 12.3 Å². The maximum atomic E-state index is 10.6. The summed E-state index contributed by atoms with van der Waals surface area (Å²) in [6.45, 7) is 0.732. The molecule has 0 spiro atoms. The molecule has 0 saturated carbocycles. The van der Waals surface area contributed by atoms with Crippen LogP contribution in [0.4, 0.5) is 0 Å². The molecule has 0 aromatic carbocycles. The Morgan fingerprint density at radius 3 is 3.17 bits per heavy atom. The fourth-order valence-electron chi connectivity index (χ4n) is 1.13. The summed E-state index contributed by atoms with van der Waals surface area (Å²) < 4.78 is 0. The highest BCUT2D eigenvalue weighted by molar-refractivity contribution is 7.15. The Balaban J connectivity index is 2.46. The molecule has 1 aliphatic rings. The normalized spacial score (nSPS) is 13.7. The lowest BCUT2D eigenvalue weighted by Gasteiger charge is -2.04. The predicted molar refractivity (Wildman–Crippen MR) is 47.2 cm³/mol. The lowest BCUT2D eigenvalue weighted by atomic mass is 10.2. The number of thiophene rings is 1. The molecule has 0 saturated heterocycles. The Morgan fingerprint density at radius 1 is 1.67 bits per heavy atom. The average Bonchev–Trinajstić information content (AvgIpc) is 2.46. The predicted octanol–water partition coefficient (Wildman–Crippen LogP) is 1.52. The average molecular weight is 181 g/mol. The summed E-state index contributed by atoms with van der Waals surface area (Å²) in [6.07, 6.45) is 3.74. The number of aromatic carboxylic acids is 1. The molecule has 4 heteroatoms. The maximum absolute atomic E-state index is 10.6. The van der Waals surface area contributed by atoms with Gasteiger partial charge in [0, 0.05) is 11.4 Å². The summed E-state index contributed by atoms with van der Waals surface area (Å²) in [7, 11) is 0. The second kappa shape index (κ2) is 2.64. The number of hydrogen-bond acceptors (Lipinski definition) is 3. The number of carbonyl (C=O) groups is 1. The first kappa shape index (κ1) is 7.36. The molecule has 0 unspecified atom stereocenters. The van der Waals surface area contributed by atoms with Crippen molar-refractivity contribution >= 4 is 23.4 Å². The number of fused-ring (bicyclic) bond motifs is 1. The molecule has 0 bridgehead atoms. The van der Waals surface area contributed by atoms with Crippen LogP contribution in [0.5, 0.6) is 0 Å². The van der Waals surface area contributed by atoms with Crippen LogP contribution in [-0.4, -0.2) is 11.1 Å². The fraction of sp³-hybridized carbons (Fsp3) is 0.125. The van der Waals surface area contributed by atoms with Gasteiger partial charge < -0.3 is 10.4 Å². The summed E-state index contributed by atoms with van der Waals surface area (Å²) in [5.74, 6) is -0.845. The van der Waals surface area contributed by atoms with E-state index in [0.29, 0.717) is 4.88 Å². The van der Waals surface area contributed by atoms with Gasteiger partial charge in [-0.05, 0) is 23.9 Å². The van der Waals surface area contributed by atoms with Gasteiger partial charge in [-0.3, -0.25) is 0 Å². The first-order chi connectivity index (χ1) is 5.77. The topological polar surface area (TPSA) is 49.3 Å². The molecule has 1 aliphatic heterocycles. The number of rotatable bonds is 1. The zero-order chi connectivity index (χ0) is 8.55. The summed E-state index contributed by atoms with van der Waals surface area (Å²) in [4.78, 5) is 12.0. The Kier molecular flexibility index (Phi) is 1.62. The van der Waals surface area contributed by atoms with Crippen LogP contribution in [0.25, 0.3) is 6.08 Å². The number of carboxylic acid groups (broad SMARTS) is 1. The van der Waals surface area contributed by atoms with Crippen LogP contribution >= 0.6 is 11.3 Å². The molecule has 0 fully saturated rings. The van der Waals surface area contributed by atoms with Crippen molar-refractivity contribution in [1.29, 1.82) is 0 Å². The Morgan fingerprint density at radius 2 is 2.50 bits per heavy atom. The molecule has 1 aromatic rings. The molecule has 0 aliphatic carbocycles. The van der Waals surface area contributed by atoms with Crippen LogP contribution < -0.4 is 5.32 Å². The van der Waals surface area contributed by atoms with Crippen LogP contribution in [0.2, 0.25) is 0 Å². The van der Waals surface area contributed by atoms with Crippen LogP contribution in [0, 0.1) is 0 Å². The molecular weight excluding hydrogens is 174 g/mol. The zero-order valence-electron chi connectivity index (χ0n) is 6.20. The van der Waals surface area contributed by atoms with Crippen LogP contribution in [0.3, 0.4) is 0 Å². The Bertz CT molecular complexity index is 354. The van der Waals surface area contributed by atoms with E-state index in [1.54, 1.807) is 6.07 Å². The quantitative estimate of drug-likeness (QED) is 0.690. The minimum Gasteiger partial charge on any atom is -0.477 e. The third-order valence-electron chi connectivity index (χ3n) is 1.70. The second-order valence-corrected chi connectivity index (χ2v) is 3.60. The van der Waals surface area contributed by atoms with Crippen LogP contribution in [0.1, 0.15) is 20.1 Å². The Labute approximate surface area is 73.3 Å². The van der Waals surface area contributed by atoms with Crippen molar-refractivity contribution in [3.8, 4) is 0 Å². The minimum atomic E-state index is -0.845. The van der Waals surface area contributed by atoms with Gasteiger partial charge in [0.25, 0.3) is 0 Å². The third kappa shape index (κ3) is 1.10. The molecule has 62 valence electrons. The van der Waals surface area contributed by atoms with Gasteiger partial charge in [-0.25, -0.2) is 4.79 Å². The highest BCUT2D eigenvalue weighted by atomic mass is 32.1. The summed E-state index contributed by atoms with van der Waals surface area (Å²) in [5.41, 5.74) is 1.07. The van der Waals surface area contributed by atoms with Gasteiger partial charge in [0.2, 0.25) is 0 Å². The summed E-state index contributed by atoms with van der Waals surface area (Å²) in [5, 5.41) is 11.7. The summed E-state index contributed by atoms with van der Waals surface area (Å²) in [6, 6.07) is 1.72. The third-order valence-corrected chi connectivity index (χ3v) is 2.83. The number of hydrogen-bond donors (Lipinski definition) is 2. The molecule has 0 radical (unpaired) electrons. The minimum absolute atomic E-state index is 0.411. The van der Waals surface area contributed by atoms with Gasteiger partial charge in [0.05, 0.1) is 0 Å². The van der Waals surface area contributed by atoms with Gasteiger partial charge >= 0.3 is 5.97 Å². The van der Waals surface area contributed by atoms with Crippen molar-refractivity contribution in [3.63, 3.8) is 0 Å². The molecule has 2 rings (SSSR count). The maximum Gasteiger partial charge on any atom is 0.345 e. The first-order valence-corrected chi connectivity index (χ1v) is 4.35.